The molecule has 0 spiro atoms. The Hall–Kier alpha value is -0.980. The van der Waals surface area contributed by atoms with Crippen molar-refractivity contribution in [3.05, 3.63) is 28.8 Å². The maximum absolute atomic E-state index is 9.83. The number of aromatic hydroxyl groups is 1. The number of phenolic OH excluding ortho intramolecular Hbond substituents is 1. The van der Waals surface area contributed by atoms with Crippen LogP contribution in [0.1, 0.15) is 56.2 Å². The van der Waals surface area contributed by atoms with Crippen LogP contribution in [-0.4, -0.2) is 5.11 Å². The van der Waals surface area contributed by atoms with Crippen molar-refractivity contribution < 1.29 is 5.11 Å². The molecule has 1 aromatic carbocycles. The number of aryl methyl sites for hydroxylation is 3. The summed E-state index contributed by atoms with van der Waals surface area (Å²) in [6, 6.07) is 4.29. The van der Waals surface area contributed by atoms with Crippen molar-refractivity contribution >= 4 is 0 Å². The van der Waals surface area contributed by atoms with E-state index in [4.69, 9.17) is 0 Å². The molecule has 0 saturated carbocycles. The molecule has 90 valence electrons. The molecule has 0 bridgehead atoms. The second-order valence-corrected chi connectivity index (χ2v) is 4.58. The molecule has 1 aromatic rings. The molecular weight excluding hydrogens is 196 g/mol. The zero-order chi connectivity index (χ0) is 12.0. The average molecular weight is 220 g/mol. The number of unbranched alkanes of at least 4 members (excludes halogenated alkanes) is 3. The monoisotopic (exact) mass is 220 g/mol. The van der Waals surface area contributed by atoms with E-state index in [0.717, 1.165) is 24.0 Å². The first-order valence-corrected chi connectivity index (χ1v) is 6.50. The standard InChI is InChI=1S/C15H24O/c1-4-6-7-8-9-13-10-12(3)15(16)14(5-2)11-13/h10-11,16H,4-9H2,1-3H3. The van der Waals surface area contributed by atoms with Gasteiger partial charge in [0.1, 0.15) is 5.75 Å². The normalized spacial score (nSPS) is 10.7. The zero-order valence-corrected chi connectivity index (χ0v) is 10.8. The Morgan fingerprint density at radius 3 is 2.44 bits per heavy atom. The van der Waals surface area contributed by atoms with Crippen LogP contribution in [0.25, 0.3) is 0 Å². The van der Waals surface area contributed by atoms with Gasteiger partial charge in [-0.1, -0.05) is 45.2 Å². The van der Waals surface area contributed by atoms with Crippen LogP contribution in [0.5, 0.6) is 5.75 Å². The van der Waals surface area contributed by atoms with Crippen molar-refractivity contribution in [1.29, 1.82) is 0 Å². The Morgan fingerprint density at radius 1 is 1.06 bits per heavy atom. The fourth-order valence-corrected chi connectivity index (χ4v) is 2.10. The lowest BCUT2D eigenvalue weighted by atomic mass is 9.99. The largest absolute Gasteiger partial charge is 0.507 e. The van der Waals surface area contributed by atoms with E-state index in [2.05, 4.69) is 26.0 Å². The van der Waals surface area contributed by atoms with Crippen LogP contribution in [-0.2, 0) is 12.8 Å². The summed E-state index contributed by atoms with van der Waals surface area (Å²) in [5.41, 5.74) is 3.48. The lowest BCUT2D eigenvalue weighted by Crippen LogP contribution is -1.92. The first-order valence-electron chi connectivity index (χ1n) is 6.50. The van der Waals surface area contributed by atoms with Gasteiger partial charge in [0.2, 0.25) is 0 Å². The Balaban J connectivity index is 2.63. The molecule has 0 radical (unpaired) electrons. The van der Waals surface area contributed by atoms with E-state index in [1.54, 1.807) is 0 Å². The maximum atomic E-state index is 9.83. The minimum Gasteiger partial charge on any atom is -0.507 e. The molecule has 0 atom stereocenters. The smallest absolute Gasteiger partial charge is 0.121 e. The van der Waals surface area contributed by atoms with E-state index < -0.39 is 0 Å². The molecule has 0 aliphatic heterocycles. The van der Waals surface area contributed by atoms with Gasteiger partial charge in [-0.15, -0.1) is 0 Å². The van der Waals surface area contributed by atoms with Crippen LogP contribution in [0.2, 0.25) is 0 Å². The van der Waals surface area contributed by atoms with Gasteiger partial charge in [0.25, 0.3) is 0 Å². The van der Waals surface area contributed by atoms with E-state index in [0.29, 0.717) is 5.75 Å². The number of hydrogen-bond acceptors (Lipinski definition) is 1. The number of rotatable bonds is 6. The Labute approximate surface area is 99.5 Å². The first-order chi connectivity index (χ1) is 7.69. The predicted molar refractivity (Wildman–Crippen MR) is 70.1 cm³/mol. The lowest BCUT2D eigenvalue weighted by molar-refractivity contribution is 0.464. The van der Waals surface area contributed by atoms with Gasteiger partial charge in [0, 0.05) is 0 Å². The van der Waals surface area contributed by atoms with Crippen molar-refractivity contribution in [2.45, 2.75) is 59.3 Å². The third-order valence-electron chi connectivity index (χ3n) is 3.14. The highest BCUT2D eigenvalue weighted by atomic mass is 16.3. The van der Waals surface area contributed by atoms with Gasteiger partial charge in [0.15, 0.2) is 0 Å². The van der Waals surface area contributed by atoms with Crippen LogP contribution in [0.4, 0.5) is 0 Å². The third-order valence-corrected chi connectivity index (χ3v) is 3.14. The highest BCUT2D eigenvalue weighted by molar-refractivity contribution is 5.43. The summed E-state index contributed by atoms with van der Waals surface area (Å²) in [5.74, 6) is 0.486. The molecule has 1 rings (SSSR count). The van der Waals surface area contributed by atoms with Crippen LogP contribution >= 0.6 is 0 Å². The molecular formula is C15H24O. The molecule has 0 aromatic heterocycles. The summed E-state index contributed by atoms with van der Waals surface area (Å²) in [7, 11) is 0. The van der Waals surface area contributed by atoms with Crippen molar-refractivity contribution in [3.8, 4) is 5.75 Å². The topological polar surface area (TPSA) is 20.2 Å². The number of phenols is 1. The van der Waals surface area contributed by atoms with Crippen LogP contribution < -0.4 is 0 Å². The average Bonchev–Trinajstić information content (AvgIpc) is 2.29. The second kappa shape index (κ2) is 6.57. The first kappa shape index (κ1) is 13.1. The summed E-state index contributed by atoms with van der Waals surface area (Å²) in [6.45, 7) is 6.32. The fraction of sp³-hybridized carbons (Fsp3) is 0.600. The third kappa shape index (κ3) is 3.55. The van der Waals surface area contributed by atoms with Crippen molar-refractivity contribution in [1.82, 2.24) is 0 Å². The quantitative estimate of drug-likeness (QED) is 0.705. The Bertz CT molecular complexity index is 328. The van der Waals surface area contributed by atoms with Gasteiger partial charge < -0.3 is 5.11 Å². The molecule has 1 nitrogen and oxygen atoms in total. The molecule has 16 heavy (non-hydrogen) atoms. The summed E-state index contributed by atoms with van der Waals surface area (Å²) >= 11 is 0. The second-order valence-electron chi connectivity index (χ2n) is 4.58. The summed E-state index contributed by atoms with van der Waals surface area (Å²) in [6.07, 6.45) is 7.26. The summed E-state index contributed by atoms with van der Waals surface area (Å²) in [5, 5.41) is 9.83. The molecule has 0 aliphatic carbocycles. The highest BCUT2D eigenvalue weighted by Crippen LogP contribution is 2.25. The fourth-order valence-electron chi connectivity index (χ4n) is 2.10. The van der Waals surface area contributed by atoms with E-state index in [9.17, 15) is 5.11 Å². The van der Waals surface area contributed by atoms with E-state index >= 15 is 0 Å². The molecule has 0 saturated heterocycles. The van der Waals surface area contributed by atoms with Crippen LogP contribution in [0, 0.1) is 6.92 Å². The molecule has 0 amide bonds. The van der Waals surface area contributed by atoms with Gasteiger partial charge in [0.05, 0.1) is 0 Å². The van der Waals surface area contributed by atoms with Crippen LogP contribution in [0.15, 0.2) is 12.1 Å². The Kier molecular flexibility index (Phi) is 5.37. The van der Waals surface area contributed by atoms with Gasteiger partial charge in [-0.05, 0) is 42.9 Å². The maximum Gasteiger partial charge on any atom is 0.121 e. The van der Waals surface area contributed by atoms with Crippen molar-refractivity contribution in [2.75, 3.05) is 0 Å². The summed E-state index contributed by atoms with van der Waals surface area (Å²) in [4.78, 5) is 0. The van der Waals surface area contributed by atoms with E-state index in [1.165, 1.54) is 31.2 Å². The molecule has 1 heteroatoms. The Morgan fingerprint density at radius 2 is 1.81 bits per heavy atom. The van der Waals surface area contributed by atoms with Crippen LogP contribution in [0.3, 0.4) is 0 Å². The van der Waals surface area contributed by atoms with Gasteiger partial charge >= 0.3 is 0 Å². The minimum absolute atomic E-state index is 0.486. The van der Waals surface area contributed by atoms with Crippen molar-refractivity contribution in [2.24, 2.45) is 0 Å². The molecule has 1 N–H and O–H groups in total. The van der Waals surface area contributed by atoms with Gasteiger partial charge in [-0.25, -0.2) is 0 Å². The SMILES string of the molecule is CCCCCCc1cc(C)c(O)c(CC)c1. The van der Waals surface area contributed by atoms with Crippen molar-refractivity contribution in [3.63, 3.8) is 0 Å². The van der Waals surface area contributed by atoms with E-state index in [-0.39, 0.29) is 0 Å². The van der Waals surface area contributed by atoms with Gasteiger partial charge in [-0.2, -0.15) is 0 Å². The number of hydrogen-bond donors (Lipinski definition) is 1. The minimum atomic E-state index is 0.486. The molecule has 0 aliphatic rings. The van der Waals surface area contributed by atoms with E-state index in [1.807, 2.05) is 6.92 Å². The molecule has 0 unspecified atom stereocenters. The highest BCUT2D eigenvalue weighted by Gasteiger charge is 2.05. The molecule has 0 heterocycles. The number of benzene rings is 1. The zero-order valence-electron chi connectivity index (χ0n) is 10.8. The molecule has 0 fully saturated rings. The summed E-state index contributed by atoms with van der Waals surface area (Å²) < 4.78 is 0. The predicted octanol–water partition coefficient (Wildman–Crippen LogP) is 4.39. The van der Waals surface area contributed by atoms with Gasteiger partial charge in [-0.3, -0.25) is 0 Å². The lowest BCUT2D eigenvalue weighted by Gasteiger charge is -2.09.